The number of hydrogen-bond donors (Lipinski definition) is 2. The van der Waals surface area contributed by atoms with Crippen LogP contribution >= 0.6 is 11.3 Å². The summed E-state index contributed by atoms with van der Waals surface area (Å²) < 4.78 is 0. The van der Waals surface area contributed by atoms with Gasteiger partial charge in [-0.05, 0) is 36.4 Å². The van der Waals surface area contributed by atoms with Gasteiger partial charge in [-0.1, -0.05) is 0 Å². The molecule has 2 nitrogen and oxygen atoms in total. The lowest BCUT2D eigenvalue weighted by Gasteiger charge is -2.11. The van der Waals surface area contributed by atoms with Crippen molar-refractivity contribution in [3.8, 4) is 0 Å². The Balaban J connectivity index is 2.17. The van der Waals surface area contributed by atoms with Crippen molar-refractivity contribution in [2.45, 2.75) is 19.5 Å². The van der Waals surface area contributed by atoms with Crippen molar-refractivity contribution in [2.75, 3.05) is 13.6 Å². The molecule has 0 aromatic carbocycles. The molecule has 1 rings (SSSR count). The Morgan fingerprint density at radius 1 is 1.58 bits per heavy atom. The maximum Gasteiger partial charge on any atom is 0.0216 e. The summed E-state index contributed by atoms with van der Waals surface area (Å²) in [5.41, 5.74) is 1.38. The predicted octanol–water partition coefficient (Wildman–Crippen LogP) is 1.45. The molecule has 0 aliphatic heterocycles. The van der Waals surface area contributed by atoms with Gasteiger partial charge in [0.15, 0.2) is 0 Å². The summed E-state index contributed by atoms with van der Waals surface area (Å²) >= 11 is 1.75. The van der Waals surface area contributed by atoms with E-state index < -0.39 is 0 Å². The van der Waals surface area contributed by atoms with E-state index in [1.807, 2.05) is 7.05 Å². The number of nitrogens with one attached hydrogen (secondary N) is 2. The Kier molecular flexibility index (Phi) is 4.29. The molecule has 12 heavy (non-hydrogen) atoms. The van der Waals surface area contributed by atoms with E-state index in [4.69, 9.17) is 0 Å². The number of rotatable bonds is 5. The molecule has 0 spiro atoms. The van der Waals surface area contributed by atoms with Crippen LogP contribution in [0.5, 0.6) is 0 Å². The van der Waals surface area contributed by atoms with Gasteiger partial charge in [-0.25, -0.2) is 0 Å². The molecule has 0 saturated heterocycles. The van der Waals surface area contributed by atoms with Gasteiger partial charge in [0.05, 0.1) is 0 Å². The fourth-order valence-corrected chi connectivity index (χ4v) is 1.73. The van der Waals surface area contributed by atoms with Crippen molar-refractivity contribution in [1.82, 2.24) is 10.6 Å². The maximum absolute atomic E-state index is 3.43. The molecule has 0 radical (unpaired) electrons. The Labute approximate surface area is 78.0 Å². The molecule has 1 unspecified atom stereocenters. The van der Waals surface area contributed by atoms with Crippen molar-refractivity contribution in [1.29, 1.82) is 0 Å². The van der Waals surface area contributed by atoms with Crippen LogP contribution in [0.4, 0.5) is 0 Å². The van der Waals surface area contributed by atoms with E-state index in [1.54, 1.807) is 11.3 Å². The zero-order valence-electron chi connectivity index (χ0n) is 7.63. The van der Waals surface area contributed by atoms with Crippen molar-refractivity contribution in [2.24, 2.45) is 0 Å². The lowest BCUT2D eigenvalue weighted by atomic mass is 10.3. The van der Waals surface area contributed by atoms with Crippen LogP contribution in [0.1, 0.15) is 12.5 Å². The second-order valence-electron chi connectivity index (χ2n) is 2.97. The first-order valence-electron chi connectivity index (χ1n) is 4.22. The monoisotopic (exact) mass is 184 g/mol. The summed E-state index contributed by atoms with van der Waals surface area (Å²) in [7, 11) is 1.97. The van der Waals surface area contributed by atoms with Crippen molar-refractivity contribution in [3.63, 3.8) is 0 Å². The van der Waals surface area contributed by atoms with Crippen molar-refractivity contribution < 1.29 is 0 Å². The minimum Gasteiger partial charge on any atom is -0.318 e. The van der Waals surface area contributed by atoms with E-state index in [0.717, 1.165) is 13.1 Å². The van der Waals surface area contributed by atoms with E-state index in [1.165, 1.54) is 5.56 Å². The molecule has 1 aromatic heterocycles. The Bertz CT molecular complexity index is 196. The topological polar surface area (TPSA) is 24.1 Å². The molecule has 1 atom stereocenters. The summed E-state index contributed by atoms with van der Waals surface area (Å²) in [5, 5.41) is 10.9. The number of likely N-dealkylation sites (N-methyl/N-ethyl adjacent to an activating group) is 1. The van der Waals surface area contributed by atoms with Crippen molar-refractivity contribution >= 4 is 11.3 Å². The van der Waals surface area contributed by atoms with E-state index in [-0.39, 0.29) is 0 Å². The van der Waals surface area contributed by atoms with Gasteiger partial charge in [0, 0.05) is 19.1 Å². The molecule has 3 heteroatoms. The Morgan fingerprint density at radius 3 is 3.00 bits per heavy atom. The van der Waals surface area contributed by atoms with E-state index in [9.17, 15) is 0 Å². The third-order valence-corrected chi connectivity index (χ3v) is 2.48. The SMILES string of the molecule is CNCC(C)NCc1ccsc1. The fourth-order valence-electron chi connectivity index (χ4n) is 1.06. The summed E-state index contributed by atoms with van der Waals surface area (Å²) in [4.78, 5) is 0. The summed E-state index contributed by atoms with van der Waals surface area (Å²) in [6, 6.07) is 2.69. The highest BCUT2D eigenvalue weighted by atomic mass is 32.1. The highest BCUT2D eigenvalue weighted by Crippen LogP contribution is 2.04. The molecule has 1 heterocycles. The summed E-state index contributed by atoms with van der Waals surface area (Å²) in [5.74, 6) is 0. The lowest BCUT2D eigenvalue weighted by Crippen LogP contribution is -2.34. The van der Waals surface area contributed by atoms with Gasteiger partial charge in [0.1, 0.15) is 0 Å². The minimum absolute atomic E-state index is 0.537. The summed E-state index contributed by atoms with van der Waals surface area (Å²) in [6.45, 7) is 4.18. The van der Waals surface area contributed by atoms with Crippen LogP contribution < -0.4 is 10.6 Å². The van der Waals surface area contributed by atoms with Crippen LogP contribution in [-0.2, 0) is 6.54 Å². The van der Waals surface area contributed by atoms with Crippen LogP contribution in [0, 0.1) is 0 Å². The first-order chi connectivity index (χ1) is 5.83. The fraction of sp³-hybridized carbons (Fsp3) is 0.556. The standard InChI is InChI=1S/C9H16N2S/c1-8(5-10-2)11-6-9-3-4-12-7-9/h3-4,7-8,10-11H,5-6H2,1-2H3. The highest BCUT2D eigenvalue weighted by Gasteiger charge is 1.98. The molecule has 2 N–H and O–H groups in total. The van der Waals surface area contributed by atoms with Gasteiger partial charge in [0.2, 0.25) is 0 Å². The molecule has 0 fully saturated rings. The van der Waals surface area contributed by atoms with Crippen LogP contribution in [0.15, 0.2) is 16.8 Å². The van der Waals surface area contributed by atoms with E-state index >= 15 is 0 Å². The molecular weight excluding hydrogens is 168 g/mol. The smallest absolute Gasteiger partial charge is 0.0216 e. The average molecular weight is 184 g/mol. The quantitative estimate of drug-likeness (QED) is 0.723. The third-order valence-electron chi connectivity index (χ3n) is 1.75. The highest BCUT2D eigenvalue weighted by molar-refractivity contribution is 7.07. The first-order valence-corrected chi connectivity index (χ1v) is 5.16. The molecule has 0 amide bonds. The van der Waals surface area contributed by atoms with Gasteiger partial charge >= 0.3 is 0 Å². The summed E-state index contributed by atoms with van der Waals surface area (Å²) in [6.07, 6.45) is 0. The van der Waals surface area contributed by atoms with E-state index in [2.05, 4.69) is 34.4 Å². The van der Waals surface area contributed by atoms with Crippen molar-refractivity contribution in [3.05, 3.63) is 22.4 Å². The Hall–Kier alpha value is -0.380. The number of thiophene rings is 1. The molecule has 0 aliphatic rings. The van der Waals surface area contributed by atoms with E-state index in [0.29, 0.717) is 6.04 Å². The predicted molar refractivity (Wildman–Crippen MR) is 54.5 cm³/mol. The Morgan fingerprint density at radius 2 is 2.42 bits per heavy atom. The second-order valence-corrected chi connectivity index (χ2v) is 3.75. The van der Waals surface area contributed by atoms with Crippen LogP contribution in [0.3, 0.4) is 0 Å². The molecule has 0 bridgehead atoms. The van der Waals surface area contributed by atoms with Gasteiger partial charge in [-0.2, -0.15) is 11.3 Å². The van der Waals surface area contributed by atoms with Crippen LogP contribution in [0.25, 0.3) is 0 Å². The van der Waals surface area contributed by atoms with Gasteiger partial charge < -0.3 is 10.6 Å². The maximum atomic E-state index is 3.43. The molecule has 68 valence electrons. The molecule has 1 aromatic rings. The average Bonchev–Trinajstić information content (AvgIpc) is 2.53. The van der Waals surface area contributed by atoms with Gasteiger partial charge in [-0.3, -0.25) is 0 Å². The molecule has 0 saturated carbocycles. The minimum atomic E-state index is 0.537. The normalized spacial score (nSPS) is 13.2. The van der Waals surface area contributed by atoms with Gasteiger partial charge in [-0.15, -0.1) is 0 Å². The first kappa shape index (κ1) is 9.71. The van der Waals surface area contributed by atoms with Crippen LogP contribution in [-0.4, -0.2) is 19.6 Å². The zero-order chi connectivity index (χ0) is 8.81. The third kappa shape index (κ3) is 3.34. The largest absolute Gasteiger partial charge is 0.318 e. The molecule has 0 aliphatic carbocycles. The molecular formula is C9H16N2S. The number of hydrogen-bond acceptors (Lipinski definition) is 3. The zero-order valence-corrected chi connectivity index (χ0v) is 8.45. The van der Waals surface area contributed by atoms with Gasteiger partial charge in [0.25, 0.3) is 0 Å². The lowest BCUT2D eigenvalue weighted by molar-refractivity contribution is 0.523. The second kappa shape index (κ2) is 5.30. The van der Waals surface area contributed by atoms with Crippen LogP contribution in [0.2, 0.25) is 0 Å².